The summed E-state index contributed by atoms with van der Waals surface area (Å²) in [7, 11) is -3.54. The first-order chi connectivity index (χ1) is 11.4. The molecule has 0 heterocycles. The van der Waals surface area contributed by atoms with Crippen LogP contribution >= 0.6 is 0 Å². The van der Waals surface area contributed by atoms with Gasteiger partial charge in [-0.25, -0.2) is 13.1 Å². The number of hydrogen-bond acceptors (Lipinski definition) is 4. The van der Waals surface area contributed by atoms with E-state index in [2.05, 4.69) is 16.9 Å². The Morgan fingerprint density at radius 3 is 2.42 bits per heavy atom. The predicted octanol–water partition coefficient (Wildman–Crippen LogP) is 3.57. The third-order valence-corrected chi connectivity index (χ3v) is 6.98. The third-order valence-electron chi connectivity index (χ3n) is 4.74. The number of nitrogens with zero attached hydrogens (tertiary/aromatic N) is 2. The Hall–Kier alpha value is -1.63. The van der Waals surface area contributed by atoms with Crippen LogP contribution in [0.2, 0.25) is 0 Å². The number of unbranched alkanes of at least 4 members (excludes halogenated alkanes) is 6. The first-order valence-electron chi connectivity index (χ1n) is 8.54. The number of nitriles is 2. The molecule has 0 aromatic rings. The molecule has 1 aliphatic rings. The lowest BCUT2D eigenvalue weighted by molar-refractivity contribution is 0.491. The smallest absolute Gasteiger partial charge is 0.214 e. The molecule has 132 valence electrons. The zero-order chi connectivity index (χ0) is 18.1. The number of rotatable bonds is 10. The van der Waals surface area contributed by atoms with E-state index in [0.717, 1.165) is 38.5 Å². The van der Waals surface area contributed by atoms with Gasteiger partial charge in [0.05, 0.1) is 12.1 Å². The summed E-state index contributed by atoms with van der Waals surface area (Å²) >= 11 is 0. The fraction of sp³-hybridized carbons (Fsp3) is 0.667. The lowest BCUT2D eigenvalue weighted by atomic mass is 9.84. The van der Waals surface area contributed by atoms with Gasteiger partial charge in [-0.15, -0.1) is 0 Å². The van der Waals surface area contributed by atoms with Gasteiger partial charge in [-0.2, -0.15) is 10.5 Å². The molecule has 1 N–H and O–H groups in total. The van der Waals surface area contributed by atoms with E-state index in [1.54, 1.807) is 32.1 Å². The minimum absolute atomic E-state index is 0.370. The van der Waals surface area contributed by atoms with Gasteiger partial charge in [0.15, 0.2) is 0 Å². The lowest BCUT2D eigenvalue weighted by Crippen LogP contribution is -2.48. The van der Waals surface area contributed by atoms with Crippen LogP contribution in [0.5, 0.6) is 0 Å². The van der Waals surface area contributed by atoms with Crippen LogP contribution in [0.15, 0.2) is 23.8 Å². The van der Waals surface area contributed by atoms with Crippen LogP contribution in [0.25, 0.3) is 0 Å². The van der Waals surface area contributed by atoms with Crippen molar-refractivity contribution in [3.63, 3.8) is 0 Å². The fourth-order valence-corrected chi connectivity index (χ4v) is 4.37. The molecule has 2 atom stereocenters. The lowest BCUT2D eigenvalue weighted by Gasteiger charge is -2.34. The second-order valence-electron chi connectivity index (χ2n) is 6.43. The maximum Gasteiger partial charge on any atom is 0.221 e. The van der Waals surface area contributed by atoms with E-state index in [-0.39, 0.29) is 5.92 Å². The van der Waals surface area contributed by atoms with Gasteiger partial charge in [-0.3, -0.25) is 0 Å². The van der Waals surface area contributed by atoms with Crippen molar-refractivity contribution in [3.8, 4) is 12.1 Å². The average molecular weight is 350 g/mol. The van der Waals surface area contributed by atoms with Crippen molar-refractivity contribution >= 4 is 10.0 Å². The van der Waals surface area contributed by atoms with Crippen molar-refractivity contribution in [2.75, 3.05) is 6.54 Å². The highest BCUT2D eigenvalue weighted by atomic mass is 32.2. The molecule has 0 spiro atoms. The van der Waals surface area contributed by atoms with E-state index in [1.165, 1.54) is 0 Å². The summed E-state index contributed by atoms with van der Waals surface area (Å²) in [5.41, 5.74) is 0.489. The number of hydrogen-bond donors (Lipinski definition) is 1. The van der Waals surface area contributed by atoms with Gasteiger partial charge >= 0.3 is 0 Å². The maximum atomic E-state index is 12.7. The van der Waals surface area contributed by atoms with E-state index in [0.29, 0.717) is 18.5 Å². The van der Waals surface area contributed by atoms with E-state index in [1.807, 2.05) is 0 Å². The van der Waals surface area contributed by atoms with Gasteiger partial charge in [-0.1, -0.05) is 44.8 Å². The van der Waals surface area contributed by atoms with Crippen molar-refractivity contribution in [1.29, 1.82) is 10.5 Å². The summed E-state index contributed by atoms with van der Waals surface area (Å²) in [4.78, 5) is 0. The quantitative estimate of drug-likeness (QED) is 0.610. The second-order valence-corrected chi connectivity index (χ2v) is 8.60. The van der Waals surface area contributed by atoms with Crippen molar-refractivity contribution in [2.24, 2.45) is 5.92 Å². The third kappa shape index (κ3) is 5.19. The Morgan fingerprint density at radius 2 is 1.79 bits per heavy atom. The molecule has 0 bridgehead atoms. The molecule has 24 heavy (non-hydrogen) atoms. The SMILES string of the molecule is CC1C(C#N)=CC=CC1(C)S(=O)(=O)NCCCCCCCCC#N. The topological polar surface area (TPSA) is 93.8 Å². The number of sulfonamides is 1. The summed E-state index contributed by atoms with van der Waals surface area (Å²) in [5, 5.41) is 17.6. The van der Waals surface area contributed by atoms with Gasteiger partial charge in [0.1, 0.15) is 4.75 Å². The summed E-state index contributed by atoms with van der Waals surface area (Å²) in [6.45, 7) is 3.86. The van der Waals surface area contributed by atoms with Gasteiger partial charge in [-0.05, 0) is 25.8 Å². The molecular formula is C18H27N3O2S. The maximum absolute atomic E-state index is 12.7. The van der Waals surface area contributed by atoms with E-state index < -0.39 is 14.8 Å². The molecule has 5 nitrogen and oxygen atoms in total. The predicted molar refractivity (Wildman–Crippen MR) is 95.3 cm³/mol. The minimum atomic E-state index is -3.54. The van der Waals surface area contributed by atoms with Crippen LogP contribution in [0.1, 0.15) is 58.8 Å². The Bertz CT molecular complexity index is 653. The molecule has 0 saturated carbocycles. The molecule has 0 radical (unpaired) electrons. The summed E-state index contributed by atoms with van der Waals surface area (Å²) in [6, 6.07) is 4.22. The van der Waals surface area contributed by atoms with Crippen LogP contribution in [0, 0.1) is 28.6 Å². The standard InChI is InChI=1S/C18H27N3O2S/c1-16-17(15-20)11-10-12-18(16,2)24(22,23)21-14-9-7-5-3-4-6-8-13-19/h10-12,16,21H,3-9,14H2,1-2H3. The molecule has 0 saturated heterocycles. The zero-order valence-electron chi connectivity index (χ0n) is 14.6. The molecule has 0 aromatic carbocycles. The molecule has 1 aliphatic carbocycles. The van der Waals surface area contributed by atoms with Gasteiger partial charge in [0.2, 0.25) is 10.0 Å². The fourth-order valence-electron chi connectivity index (χ4n) is 2.79. The Kier molecular flexibility index (Phi) is 8.18. The first-order valence-corrected chi connectivity index (χ1v) is 10.0. The highest BCUT2D eigenvalue weighted by Crippen LogP contribution is 2.35. The second kappa shape index (κ2) is 9.61. The van der Waals surface area contributed by atoms with E-state index in [9.17, 15) is 8.42 Å². The summed E-state index contributed by atoms with van der Waals surface area (Å²) < 4.78 is 26.9. The molecule has 6 heteroatoms. The highest BCUT2D eigenvalue weighted by Gasteiger charge is 2.44. The normalized spacial score (nSPS) is 23.3. The van der Waals surface area contributed by atoms with Crippen molar-refractivity contribution in [2.45, 2.75) is 63.5 Å². The molecule has 1 rings (SSSR count). The van der Waals surface area contributed by atoms with Gasteiger partial charge in [0, 0.05) is 24.5 Å². The largest absolute Gasteiger partial charge is 0.221 e. The minimum Gasteiger partial charge on any atom is -0.214 e. The van der Waals surface area contributed by atoms with Crippen LogP contribution in [-0.4, -0.2) is 19.7 Å². The van der Waals surface area contributed by atoms with Crippen LogP contribution < -0.4 is 4.72 Å². The van der Waals surface area contributed by atoms with Crippen LogP contribution in [-0.2, 0) is 10.0 Å². The first kappa shape index (κ1) is 20.4. The molecule has 0 aliphatic heterocycles. The monoisotopic (exact) mass is 349 g/mol. The van der Waals surface area contributed by atoms with E-state index >= 15 is 0 Å². The Labute approximate surface area is 146 Å². The highest BCUT2D eigenvalue weighted by molar-refractivity contribution is 7.91. The van der Waals surface area contributed by atoms with Crippen molar-refractivity contribution < 1.29 is 8.42 Å². The number of nitrogens with one attached hydrogen (secondary N) is 1. The van der Waals surface area contributed by atoms with Crippen molar-refractivity contribution in [1.82, 2.24) is 4.72 Å². The molecular weight excluding hydrogens is 322 g/mol. The summed E-state index contributed by atoms with van der Waals surface area (Å²) in [5.74, 6) is -0.370. The molecule has 0 fully saturated rings. The van der Waals surface area contributed by atoms with Crippen LogP contribution in [0.4, 0.5) is 0 Å². The molecule has 0 amide bonds. The van der Waals surface area contributed by atoms with Crippen molar-refractivity contribution in [3.05, 3.63) is 23.8 Å². The summed E-state index contributed by atoms with van der Waals surface area (Å²) in [6.07, 6.45) is 11.5. The van der Waals surface area contributed by atoms with Gasteiger partial charge in [0.25, 0.3) is 0 Å². The molecule has 0 aromatic heterocycles. The zero-order valence-corrected chi connectivity index (χ0v) is 15.4. The van der Waals surface area contributed by atoms with Gasteiger partial charge < -0.3 is 0 Å². The Balaban J connectivity index is 2.40. The Morgan fingerprint density at radius 1 is 1.17 bits per heavy atom. The average Bonchev–Trinajstić information content (AvgIpc) is 2.55. The van der Waals surface area contributed by atoms with Crippen LogP contribution in [0.3, 0.4) is 0 Å². The van der Waals surface area contributed by atoms with E-state index in [4.69, 9.17) is 10.5 Å². The number of allylic oxidation sites excluding steroid dienone is 3. The molecule has 2 unspecified atom stereocenters.